The van der Waals surface area contributed by atoms with Crippen LogP contribution in [-0.4, -0.2) is 60.4 Å². The molecule has 26 heavy (non-hydrogen) atoms. The SMILES string of the molecule is O=c1c(-n2ccnn2)c[nH]n1-c1cc(N2C[C@H]3CCCN[C@H]3C2)ncn1. The molecule has 0 bridgehead atoms. The molecular weight excluding hydrogens is 334 g/mol. The average Bonchev–Trinajstić information content (AvgIpc) is 3.40. The van der Waals surface area contributed by atoms with E-state index in [1.807, 2.05) is 6.07 Å². The van der Waals surface area contributed by atoms with E-state index >= 15 is 0 Å². The second-order valence-electron chi connectivity index (χ2n) is 6.75. The van der Waals surface area contributed by atoms with Crippen molar-refractivity contribution < 1.29 is 0 Å². The first-order valence-corrected chi connectivity index (χ1v) is 8.77. The van der Waals surface area contributed by atoms with Crippen LogP contribution in [0.4, 0.5) is 5.82 Å². The number of fused-ring (bicyclic) bond motifs is 1. The molecule has 10 nitrogen and oxygen atoms in total. The van der Waals surface area contributed by atoms with Gasteiger partial charge in [-0.3, -0.25) is 9.89 Å². The number of rotatable bonds is 3. The van der Waals surface area contributed by atoms with Crippen LogP contribution in [0.3, 0.4) is 0 Å². The van der Waals surface area contributed by atoms with E-state index in [0.717, 1.165) is 25.5 Å². The lowest BCUT2D eigenvalue weighted by Crippen LogP contribution is -2.40. The molecule has 0 aromatic carbocycles. The van der Waals surface area contributed by atoms with Gasteiger partial charge in [-0.1, -0.05) is 5.21 Å². The molecular formula is C16H19N9O. The molecule has 3 aromatic heterocycles. The van der Waals surface area contributed by atoms with Crippen molar-refractivity contribution in [3.05, 3.63) is 41.3 Å². The molecule has 2 fully saturated rings. The highest BCUT2D eigenvalue weighted by atomic mass is 16.1. The molecule has 0 saturated carbocycles. The number of nitrogens with one attached hydrogen (secondary N) is 2. The lowest BCUT2D eigenvalue weighted by atomic mass is 9.94. The summed E-state index contributed by atoms with van der Waals surface area (Å²) in [7, 11) is 0. The lowest BCUT2D eigenvalue weighted by Gasteiger charge is -2.24. The zero-order chi connectivity index (χ0) is 17.5. The maximum Gasteiger partial charge on any atom is 0.298 e. The molecule has 2 N–H and O–H groups in total. The van der Waals surface area contributed by atoms with Gasteiger partial charge in [0.15, 0.2) is 11.5 Å². The third kappa shape index (κ3) is 2.49. The van der Waals surface area contributed by atoms with Crippen molar-refractivity contribution in [2.75, 3.05) is 24.5 Å². The second-order valence-corrected chi connectivity index (χ2v) is 6.75. The Morgan fingerprint density at radius 3 is 2.96 bits per heavy atom. The number of aromatic nitrogens is 7. The molecule has 5 heterocycles. The van der Waals surface area contributed by atoms with E-state index in [-0.39, 0.29) is 5.56 Å². The quantitative estimate of drug-likeness (QED) is 0.667. The number of hydrogen-bond acceptors (Lipinski definition) is 7. The first-order chi connectivity index (χ1) is 12.8. The van der Waals surface area contributed by atoms with Crippen molar-refractivity contribution in [1.29, 1.82) is 0 Å². The van der Waals surface area contributed by atoms with Gasteiger partial charge in [-0.2, -0.15) is 4.68 Å². The van der Waals surface area contributed by atoms with E-state index in [4.69, 9.17) is 0 Å². The monoisotopic (exact) mass is 353 g/mol. The fourth-order valence-corrected chi connectivity index (χ4v) is 3.90. The van der Waals surface area contributed by atoms with Gasteiger partial charge in [0.05, 0.1) is 18.6 Å². The van der Waals surface area contributed by atoms with Crippen LogP contribution in [0.1, 0.15) is 12.8 Å². The molecule has 0 radical (unpaired) electrons. The molecule has 2 aliphatic heterocycles. The summed E-state index contributed by atoms with van der Waals surface area (Å²) in [6.07, 6.45) is 8.73. The number of anilines is 1. The van der Waals surface area contributed by atoms with Crippen molar-refractivity contribution in [3.8, 4) is 11.5 Å². The third-order valence-corrected chi connectivity index (χ3v) is 5.21. The molecule has 2 atom stereocenters. The zero-order valence-electron chi connectivity index (χ0n) is 14.1. The second kappa shape index (κ2) is 6.06. The Morgan fingerprint density at radius 1 is 1.19 bits per heavy atom. The van der Waals surface area contributed by atoms with Gasteiger partial charge in [0, 0.05) is 25.2 Å². The first kappa shape index (κ1) is 15.3. The molecule has 10 heteroatoms. The van der Waals surface area contributed by atoms with Crippen LogP contribution in [-0.2, 0) is 0 Å². The van der Waals surface area contributed by atoms with Gasteiger partial charge in [0.1, 0.15) is 12.1 Å². The molecule has 0 amide bonds. The molecule has 134 valence electrons. The van der Waals surface area contributed by atoms with Crippen LogP contribution in [0.2, 0.25) is 0 Å². The largest absolute Gasteiger partial charge is 0.355 e. The summed E-state index contributed by atoms with van der Waals surface area (Å²) < 4.78 is 2.82. The number of hydrogen-bond donors (Lipinski definition) is 2. The maximum atomic E-state index is 12.7. The Labute approximate surface area is 148 Å². The summed E-state index contributed by atoms with van der Waals surface area (Å²) in [6.45, 7) is 3.01. The third-order valence-electron chi connectivity index (χ3n) is 5.21. The van der Waals surface area contributed by atoms with Crippen LogP contribution < -0.4 is 15.8 Å². The Hall–Kier alpha value is -3.01. The van der Waals surface area contributed by atoms with Crippen molar-refractivity contribution in [1.82, 2.24) is 40.1 Å². The van der Waals surface area contributed by atoms with Crippen LogP contribution in [0.15, 0.2) is 35.8 Å². The predicted molar refractivity (Wildman–Crippen MR) is 93.6 cm³/mol. The molecule has 0 unspecified atom stereocenters. The predicted octanol–water partition coefficient (Wildman–Crippen LogP) is -0.276. The number of piperidine rings is 1. The maximum absolute atomic E-state index is 12.7. The smallest absolute Gasteiger partial charge is 0.298 e. The molecule has 2 aliphatic rings. The minimum absolute atomic E-state index is 0.239. The zero-order valence-corrected chi connectivity index (χ0v) is 14.1. The van der Waals surface area contributed by atoms with Crippen LogP contribution in [0, 0.1) is 5.92 Å². The molecule has 3 aromatic rings. The molecule has 0 aliphatic carbocycles. The van der Waals surface area contributed by atoms with Crippen molar-refractivity contribution in [2.24, 2.45) is 5.92 Å². The van der Waals surface area contributed by atoms with Gasteiger partial charge in [-0.15, -0.1) is 5.10 Å². The minimum Gasteiger partial charge on any atom is -0.355 e. The van der Waals surface area contributed by atoms with Crippen LogP contribution >= 0.6 is 0 Å². The highest BCUT2D eigenvalue weighted by Crippen LogP contribution is 2.28. The van der Waals surface area contributed by atoms with Crippen LogP contribution in [0.5, 0.6) is 0 Å². The Morgan fingerprint density at radius 2 is 2.12 bits per heavy atom. The van der Waals surface area contributed by atoms with Crippen molar-refractivity contribution in [3.63, 3.8) is 0 Å². The molecule has 0 spiro atoms. The van der Waals surface area contributed by atoms with Gasteiger partial charge in [-0.25, -0.2) is 14.6 Å². The molecule has 2 saturated heterocycles. The van der Waals surface area contributed by atoms with Gasteiger partial charge in [-0.05, 0) is 25.3 Å². The highest BCUT2D eigenvalue weighted by Gasteiger charge is 2.34. The fraction of sp³-hybridized carbons (Fsp3) is 0.438. The van der Waals surface area contributed by atoms with Gasteiger partial charge in [0.2, 0.25) is 0 Å². The summed E-state index contributed by atoms with van der Waals surface area (Å²) in [6, 6.07) is 2.37. The number of nitrogens with zero attached hydrogens (tertiary/aromatic N) is 7. The Kier molecular flexibility index (Phi) is 3.56. The highest BCUT2D eigenvalue weighted by molar-refractivity contribution is 5.45. The lowest BCUT2D eigenvalue weighted by molar-refractivity contribution is 0.340. The molecule has 5 rings (SSSR count). The Balaban J connectivity index is 1.45. The fourth-order valence-electron chi connectivity index (χ4n) is 3.90. The van der Waals surface area contributed by atoms with Gasteiger partial charge < -0.3 is 10.2 Å². The van der Waals surface area contributed by atoms with Crippen LogP contribution in [0.25, 0.3) is 11.5 Å². The summed E-state index contributed by atoms with van der Waals surface area (Å²) in [4.78, 5) is 23.6. The van der Waals surface area contributed by atoms with Gasteiger partial charge >= 0.3 is 0 Å². The van der Waals surface area contributed by atoms with E-state index < -0.39 is 0 Å². The van der Waals surface area contributed by atoms with E-state index in [2.05, 4.69) is 35.6 Å². The topological polar surface area (TPSA) is 110 Å². The van der Waals surface area contributed by atoms with E-state index in [1.54, 1.807) is 12.4 Å². The number of H-pyrrole nitrogens is 1. The average molecular weight is 353 g/mol. The van der Waals surface area contributed by atoms with Crippen molar-refractivity contribution in [2.45, 2.75) is 18.9 Å². The normalized spacial score (nSPS) is 22.5. The summed E-state index contributed by atoms with van der Waals surface area (Å²) in [5.41, 5.74) is 0.149. The summed E-state index contributed by atoms with van der Waals surface area (Å²) in [5.74, 6) is 2.01. The van der Waals surface area contributed by atoms with E-state index in [0.29, 0.717) is 23.5 Å². The standard InChI is InChI=1S/C16H19N9O/c26-16-13(24-5-4-20-22-24)7-21-25(16)15-6-14(18-10-19-15)23-8-11-2-1-3-17-12(11)9-23/h4-7,10-12,17,21H,1-3,8-9H2/t11-,12+/m1/s1. The van der Waals surface area contributed by atoms with Gasteiger partial charge in [0.25, 0.3) is 5.56 Å². The minimum atomic E-state index is -0.239. The Bertz CT molecular complexity index is 946. The number of aromatic amines is 1. The first-order valence-electron chi connectivity index (χ1n) is 8.77. The van der Waals surface area contributed by atoms with Crippen molar-refractivity contribution >= 4 is 5.82 Å². The van der Waals surface area contributed by atoms with E-state index in [1.165, 1.54) is 34.7 Å². The summed E-state index contributed by atoms with van der Waals surface area (Å²) in [5, 5.41) is 14.1. The van der Waals surface area contributed by atoms with E-state index in [9.17, 15) is 4.79 Å². The summed E-state index contributed by atoms with van der Waals surface area (Å²) >= 11 is 0.